The molecule has 0 fully saturated rings. The molecule has 0 aliphatic rings. The second-order valence-corrected chi connectivity index (χ2v) is 5.83. The zero-order chi connectivity index (χ0) is 15.3. The minimum absolute atomic E-state index is 0.535. The SMILES string of the molecule is FC(F)(F)c1ccc2nc(NCCCNCCCl)sc2c1. The van der Waals surface area contributed by atoms with E-state index in [0.717, 1.165) is 31.6 Å². The number of rotatable bonds is 7. The molecule has 2 N–H and O–H groups in total. The van der Waals surface area contributed by atoms with Gasteiger partial charge in [-0.25, -0.2) is 4.98 Å². The van der Waals surface area contributed by atoms with Crippen molar-refractivity contribution in [1.82, 2.24) is 10.3 Å². The molecule has 0 radical (unpaired) electrons. The quantitative estimate of drug-likeness (QED) is 0.593. The van der Waals surface area contributed by atoms with Crippen molar-refractivity contribution in [3.63, 3.8) is 0 Å². The van der Waals surface area contributed by atoms with Gasteiger partial charge in [0.1, 0.15) is 0 Å². The molecule has 0 amide bonds. The summed E-state index contributed by atoms with van der Waals surface area (Å²) in [5.41, 5.74) is -0.0637. The third-order valence-electron chi connectivity index (χ3n) is 2.79. The van der Waals surface area contributed by atoms with Crippen LogP contribution < -0.4 is 10.6 Å². The first-order valence-electron chi connectivity index (χ1n) is 6.49. The van der Waals surface area contributed by atoms with Crippen molar-refractivity contribution in [2.75, 3.05) is 30.8 Å². The Kier molecular flexibility index (Phi) is 5.66. The third-order valence-corrected chi connectivity index (χ3v) is 3.96. The number of thiazole rings is 1. The van der Waals surface area contributed by atoms with Gasteiger partial charge in [-0.15, -0.1) is 11.6 Å². The lowest BCUT2D eigenvalue weighted by molar-refractivity contribution is -0.137. The number of fused-ring (bicyclic) bond motifs is 1. The molecule has 0 spiro atoms. The summed E-state index contributed by atoms with van der Waals surface area (Å²) in [6.07, 6.45) is -3.43. The maximum atomic E-state index is 12.6. The van der Waals surface area contributed by atoms with Crippen LogP contribution in [0.25, 0.3) is 10.2 Å². The van der Waals surface area contributed by atoms with E-state index in [-0.39, 0.29) is 0 Å². The fraction of sp³-hybridized carbons (Fsp3) is 0.462. The Balaban J connectivity index is 1.93. The Morgan fingerprint density at radius 3 is 2.71 bits per heavy atom. The molecule has 0 saturated carbocycles. The molecular formula is C13H15ClF3N3S. The number of halogens is 4. The smallest absolute Gasteiger partial charge is 0.361 e. The van der Waals surface area contributed by atoms with E-state index < -0.39 is 11.7 Å². The van der Waals surface area contributed by atoms with Crippen LogP contribution >= 0.6 is 22.9 Å². The number of benzene rings is 1. The topological polar surface area (TPSA) is 37.0 Å². The van der Waals surface area contributed by atoms with Gasteiger partial charge in [0.15, 0.2) is 5.13 Å². The first-order valence-corrected chi connectivity index (χ1v) is 7.84. The molecule has 1 heterocycles. The number of alkyl halides is 4. The Labute approximate surface area is 129 Å². The number of nitrogens with zero attached hydrogens (tertiary/aromatic N) is 1. The van der Waals surface area contributed by atoms with E-state index in [2.05, 4.69) is 15.6 Å². The molecule has 1 aromatic carbocycles. The summed E-state index contributed by atoms with van der Waals surface area (Å²) >= 11 is 6.77. The summed E-state index contributed by atoms with van der Waals surface area (Å²) in [5.74, 6) is 0.576. The lowest BCUT2D eigenvalue weighted by atomic mass is 10.2. The predicted molar refractivity (Wildman–Crippen MR) is 81.3 cm³/mol. The van der Waals surface area contributed by atoms with E-state index in [1.165, 1.54) is 17.4 Å². The van der Waals surface area contributed by atoms with E-state index in [1.807, 2.05) is 0 Å². The van der Waals surface area contributed by atoms with Gasteiger partial charge in [0.05, 0.1) is 15.8 Å². The monoisotopic (exact) mass is 337 g/mol. The zero-order valence-electron chi connectivity index (χ0n) is 11.1. The summed E-state index contributed by atoms with van der Waals surface area (Å²) in [7, 11) is 0. The Morgan fingerprint density at radius 2 is 2.00 bits per heavy atom. The molecule has 2 rings (SSSR count). The largest absolute Gasteiger partial charge is 0.416 e. The molecule has 0 bridgehead atoms. The van der Waals surface area contributed by atoms with E-state index in [4.69, 9.17) is 11.6 Å². The summed E-state index contributed by atoms with van der Waals surface area (Å²) in [4.78, 5) is 4.27. The summed E-state index contributed by atoms with van der Waals surface area (Å²) in [6, 6.07) is 3.60. The fourth-order valence-corrected chi connectivity index (χ4v) is 2.84. The van der Waals surface area contributed by atoms with Gasteiger partial charge in [0, 0.05) is 19.0 Å². The molecule has 21 heavy (non-hydrogen) atoms. The number of anilines is 1. The lowest BCUT2D eigenvalue weighted by Crippen LogP contribution is -2.19. The van der Waals surface area contributed by atoms with Crippen LogP contribution in [0.15, 0.2) is 18.2 Å². The van der Waals surface area contributed by atoms with Crippen LogP contribution in [0.1, 0.15) is 12.0 Å². The standard InChI is InChI=1S/C13H15ClF3N3S/c14-4-7-18-5-1-6-19-12-20-10-3-2-9(13(15,16)17)8-11(10)21-12/h2-3,8,18H,1,4-7H2,(H,19,20). The number of hydrogen-bond acceptors (Lipinski definition) is 4. The molecular weight excluding hydrogens is 323 g/mol. The Bertz CT molecular complexity index is 586. The number of nitrogens with one attached hydrogen (secondary N) is 2. The molecule has 0 aliphatic carbocycles. The minimum Gasteiger partial charge on any atom is -0.361 e. The third kappa shape index (κ3) is 4.72. The molecule has 1 aromatic heterocycles. The molecule has 2 aromatic rings. The number of aromatic nitrogens is 1. The second-order valence-electron chi connectivity index (χ2n) is 4.42. The first kappa shape index (κ1) is 16.3. The van der Waals surface area contributed by atoms with Crippen LogP contribution in [-0.4, -0.2) is 30.5 Å². The normalized spacial score (nSPS) is 12.0. The summed E-state index contributed by atoms with van der Waals surface area (Å²) < 4.78 is 38.4. The van der Waals surface area contributed by atoms with E-state index in [0.29, 0.717) is 27.8 Å². The highest BCUT2D eigenvalue weighted by atomic mass is 35.5. The van der Waals surface area contributed by atoms with Crippen LogP contribution in [0.3, 0.4) is 0 Å². The van der Waals surface area contributed by atoms with Gasteiger partial charge in [0.25, 0.3) is 0 Å². The van der Waals surface area contributed by atoms with Gasteiger partial charge < -0.3 is 10.6 Å². The molecule has 0 aliphatic heterocycles. The maximum absolute atomic E-state index is 12.6. The van der Waals surface area contributed by atoms with Crippen LogP contribution in [0.4, 0.5) is 18.3 Å². The molecule has 116 valence electrons. The van der Waals surface area contributed by atoms with Crippen molar-refractivity contribution < 1.29 is 13.2 Å². The predicted octanol–water partition coefficient (Wildman–Crippen LogP) is 3.95. The molecule has 8 heteroatoms. The fourth-order valence-electron chi connectivity index (χ4n) is 1.78. The maximum Gasteiger partial charge on any atom is 0.416 e. The van der Waals surface area contributed by atoms with Crippen molar-refractivity contribution in [2.24, 2.45) is 0 Å². The van der Waals surface area contributed by atoms with Crippen molar-refractivity contribution in [2.45, 2.75) is 12.6 Å². The molecule has 0 unspecified atom stereocenters. The molecule has 3 nitrogen and oxygen atoms in total. The van der Waals surface area contributed by atoms with Crippen LogP contribution in [0.5, 0.6) is 0 Å². The number of hydrogen-bond donors (Lipinski definition) is 2. The van der Waals surface area contributed by atoms with Gasteiger partial charge in [-0.1, -0.05) is 11.3 Å². The van der Waals surface area contributed by atoms with Crippen LogP contribution in [-0.2, 0) is 6.18 Å². The minimum atomic E-state index is -4.32. The van der Waals surface area contributed by atoms with Crippen LogP contribution in [0.2, 0.25) is 0 Å². The zero-order valence-corrected chi connectivity index (χ0v) is 12.7. The first-order chi connectivity index (χ1) is 10.0. The Hall–Kier alpha value is -1.05. The van der Waals surface area contributed by atoms with Crippen molar-refractivity contribution in [1.29, 1.82) is 0 Å². The second kappa shape index (κ2) is 7.29. The Morgan fingerprint density at radius 1 is 1.19 bits per heavy atom. The lowest BCUT2D eigenvalue weighted by Gasteiger charge is -2.04. The van der Waals surface area contributed by atoms with Gasteiger partial charge in [-0.3, -0.25) is 0 Å². The van der Waals surface area contributed by atoms with Gasteiger partial charge >= 0.3 is 6.18 Å². The molecule has 0 atom stereocenters. The van der Waals surface area contributed by atoms with Gasteiger partial charge in [-0.2, -0.15) is 13.2 Å². The van der Waals surface area contributed by atoms with Gasteiger partial charge in [0.2, 0.25) is 0 Å². The van der Waals surface area contributed by atoms with Crippen LogP contribution in [0, 0.1) is 0 Å². The highest BCUT2D eigenvalue weighted by Gasteiger charge is 2.30. The summed E-state index contributed by atoms with van der Waals surface area (Å²) in [6.45, 7) is 2.31. The highest BCUT2D eigenvalue weighted by Crippen LogP contribution is 2.34. The van der Waals surface area contributed by atoms with Crippen molar-refractivity contribution in [3.8, 4) is 0 Å². The van der Waals surface area contributed by atoms with E-state index in [1.54, 1.807) is 0 Å². The average molecular weight is 338 g/mol. The van der Waals surface area contributed by atoms with Crippen molar-refractivity contribution >= 4 is 38.3 Å². The summed E-state index contributed by atoms with van der Waals surface area (Å²) in [5, 5.41) is 6.92. The average Bonchev–Trinajstić information content (AvgIpc) is 2.83. The highest BCUT2D eigenvalue weighted by molar-refractivity contribution is 7.22. The van der Waals surface area contributed by atoms with Gasteiger partial charge in [-0.05, 0) is 31.2 Å². The van der Waals surface area contributed by atoms with E-state index in [9.17, 15) is 13.2 Å². The van der Waals surface area contributed by atoms with Crippen molar-refractivity contribution in [3.05, 3.63) is 23.8 Å². The molecule has 0 saturated heterocycles. The van der Waals surface area contributed by atoms with E-state index >= 15 is 0 Å².